The molecule has 0 atom stereocenters. The summed E-state index contributed by atoms with van der Waals surface area (Å²) in [5.74, 6) is 0.729. The van der Waals surface area contributed by atoms with E-state index in [1.807, 2.05) is 6.07 Å². The van der Waals surface area contributed by atoms with Crippen LogP contribution in [0.5, 0.6) is 23.0 Å². The molecule has 0 radical (unpaired) electrons. The number of hydrogen-bond acceptors (Lipinski definition) is 7. The van der Waals surface area contributed by atoms with E-state index < -0.39 is 11.8 Å². The number of rotatable bonds is 11. The van der Waals surface area contributed by atoms with Gasteiger partial charge in [0.15, 0.2) is 18.1 Å². The minimum absolute atomic E-state index is 0.146. The van der Waals surface area contributed by atoms with E-state index in [1.165, 1.54) is 12.1 Å². The Morgan fingerprint density at radius 3 is 2.03 bits per heavy atom. The summed E-state index contributed by atoms with van der Waals surface area (Å²) in [6.45, 7) is 1.75. The van der Waals surface area contributed by atoms with Crippen molar-refractivity contribution >= 4 is 40.9 Å². The SMILES string of the molecule is CCOc1cc(/C=C(/C#N)C(=O)Nc2ccc(OC)cc2)cc(Cl)c1OCC(=O)Nc1ccc(OC)cc1. The first-order valence-corrected chi connectivity index (χ1v) is 11.8. The Bertz CT molecular complexity index is 1350. The molecule has 2 amide bonds. The fourth-order valence-electron chi connectivity index (χ4n) is 3.27. The van der Waals surface area contributed by atoms with Crippen LogP contribution in [0.4, 0.5) is 11.4 Å². The summed E-state index contributed by atoms with van der Waals surface area (Å²) in [4.78, 5) is 25.0. The van der Waals surface area contributed by atoms with Crippen LogP contribution in [0.15, 0.2) is 66.2 Å². The molecule has 0 heterocycles. The molecule has 38 heavy (non-hydrogen) atoms. The summed E-state index contributed by atoms with van der Waals surface area (Å²) < 4.78 is 21.5. The van der Waals surface area contributed by atoms with E-state index in [1.54, 1.807) is 75.7 Å². The summed E-state index contributed by atoms with van der Waals surface area (Å²) in [6.07, 6.45) is 1.38. The second kappa shape index (κ2) is 13.6. The summed E-state index contributed by atoms with van der Waals surface area (Å²) in [7, 11) is 3.10. The molecular weight excluding hydrogens is 510 g/mol. The summed E-state index contributed by atoms with van der Waals surface area (Å²) in [6, 6.07) is 18.5. The fourth-order valence-corrected chi connectivity index (χ4v) is 3.55. The maximum Gasteiger partial charge on any atom is 0.266 e. The number of benzene rings is 3. The zero-order valence-corrected chi connectivity index (χ0v) is 21.8. The van der Waals surface area contributed by atoms with Crippen molar-refractivity contribution in [3.8, 4) is 29.1 Å². The third-order valence-electron chi connectivity index (χ3n) is 5.08. The van der Waals surface area contributed by atoms with Gasteiger partial charge in [-0.05, 0) is 79.2 Å². The fraction of sp³-hybridized carbons (Fsp3) is 0.179. The van der Waals surface area contributed by atoms with Gasteiger partial charge in [0, 0.05) is 11.4 Å². The number of carbonyl (C=O) groups is 2. The van der Waals surface area contributed by atoms with Crippen LogP contribution >= 0.6 is 11.6 Å². The normalized spacial score (nSPS) is 10.7. The minimum atomic E-state index is -0.595. The summed E-state index contributed by atoms with van der Waals surface area (Å²) in [5.41, 5.74) is 1.37. The lowest BCUT2D eigenvalue weighted by atomic mass is 10.1. The number of amides is 2. The van der Waals surface area contributed by atoms with E-state index >= 15 is 0 Å². The highest BCUT2D eigenvalue weighted by Gasteiger charge is 2.16. The predicted molar refractivity (Wildman–Crippen MR) is 145 cm³/mol. The van der Waals surface area contributed by atoms with Crippen molar-refractivity contribution < 1.29 is 28.5 Å². The molecule has 2 N–H and O–H groups in total. The van der Waals surface area contributed by atoms with Crippen LogP contribution in [0, 0.1) is 11.3 Å². The number of carbonyl (C=O) groups excluding carboxylic acids is 2. The van der Waals surface area contributed by atoms with Crippen molar-refractivity contribution in [1.29, 1.82) is 5.26 Å². The van der Waals surface area contributed by atoms with Gasteiger partial charge in [0.25, 0.3) is 11.8 Å². The average Bonchev–Trinajstić information content (AvgIpc) is 2.92. The van der Waals surface area contributed by atoms with E-state index in [0.717, 1.165) is 0 Å². The van der Waals surface area contributed by atoms with Crippen LogP contribution < -0.4 is 29.6 Å². The predicted octanol–water partition coefficient (Wildman–Crippen LogP) is 5.32. The van der Waals surface area contributed by atoms with E-state index in [2.05, 4.69) is 10.6 Å². The van der Waals surface area contributed by atoms with Crippen LogP contribution in [-0.4, -0.2) is 39.2 Å². The maximum absolute atomic E-state index is 12.7. The van der Waals surface area contributed by atoms with Gasteiger partial charge in [-0.1, -0.05) is 11.6 Å². The molecule has 10 heteroatoms. The van der Waals surface area contributed by atoms with Gasteiger partial charge in [-0.2, -0.15) is 5.26 Å². The number of nitriles is 1. The highest BCUT2D eigenvalue weighted by atomic mass is 35.5. The molecule has 0 fully saturated rings. The minimum Gasteiger partial charge on any atom is -0.497 e. The van der Waals surface area contributed by atoms with Crippen LogP contribution in [-0.2, 0) is 9.59 Å². The Morgan fingerprint density at radius 2 is 1.50 bits per heavy atom. The molecule has 0 unspecified atom stereocenters. The molecule has 3 rings (SSSR count). The zero-order chi connectivity index (χ0) is 27.5. The Hall–Kier alpha value is -4.68. The lowest BCUT2D eigenvalue weighted by Gasteiger charge is -2.15. The lowest BCUT2D eigenvalue weighted by Crippen LogP contribution is -2.20. The molecule has 0 aliphatic rings. The first-order chi connectivity index (χ1) is 18.4. The Balaban J connectivity index is 1.73. The van der Waals surface area contributed by atoms with Crippen LogP contribution in [0.1, 0.15) is 12.5 Å². The molecule has 0 spiro atoms. The van der Waals surface area contributed by atoms with E-state index in [-0.39, 0.29) is 28.7 Å². The van der Waals surface area contributed by atoms with Gasteiger partial charge < -0.3 is 29.6 Å². The molecular formula is C28H26ClN3O6. The number of methoxy groups -OCH3 is 2. The first kappa shape index (κ1) is 27.9. The van der Waals surface area contributed by atoms with Gasteiger partial charge in [0.05, 0.1) is 25.8 Å². The molecule has 3 aromatic rings. The van der Waals surface area contributed by atoms with Gasteiger partial charge in [0.2, 0.25) is 0 Å². The van der Waals surface area contributed by atoms with E-state index in [9.17, 15) is 14.9 Å². The van der Waals surface area contributed by atoms with Crippen molar-refractivity contribution in [3.63, 3.8) is 0 Å². The van der Waals surface area contributed by atoms with Gasteiger partial charge in [-0.25, -0.2) is 0 Å². The standard InChI is InChI=1S/C28H26ClN3O6/c1-4-37-25-15-18(13-19(16-30)28(34)32-21-7-11-23(36-3)12-8-21)14-24(29)27(25)38-17-26(33)31-20-5-9-22(35-2)10-6-20/h5-15H,4,17H2,1-3H3,(H,31,33)(H,32,34)/b19-13-. The maximum atomic E-state index is 12.7. The van der Waals surface area contributed by atoms with Crippen LogP contribution in [0.3, 0.4) is 0 Å². The number of halogens is 1. The topological polar surface area (TPSA) is 119 Å². The molecule has 3 aromatic carbocycles. The van der Waals surface area contributed by atoms with Gasteiger partial charge in [-0.3, -0.25) is 9.59 Å². The smallest absolute Gasteiger partial charge is 0.266 e. The average molecular weight is 536 g/mol. The van der Waals surface area contributed by atoms with Gasteiger partial charge >= 0.3 is 0 Å². The number of anilines is 2. The summed E-state index contributed by atoms with van der Waals surface area (Å²) in [5, 5.41) is 15.1. The summed E-state index contributed by atoms with van der Waals surface area (Å²) >= 11 is 6.44. The molecule has 196 valence electrons. The van der Waals surface area contributed by atoms with Gasteiger partial charge in [0.1, 0.15) is 23.1 Å². The molecule has 0 aliphatic heterocycles. The van der Waals surface area contributed by atoms with Crippen molar-refractivity contribution in [2.24, 2.45) is 0 Å². The quantitative estimate of drug-likeness (QED) is 0.252. The lowest BCUT2D eigenvalue weighted by molar-refractivity contribution is -0.118. The molecule has 0 aliphatic carbocycles. The molecule has 0 saturated heterocycles. The second-order valence-electron chi connectivity index (χ2n) is 7.68. The molecule has 0 bridgehead atoms. The first-order valence-electron chi connectivity index (χ1n) is 11.5. The van der Waals surface area contributed by atoms with E-state index in [4.69, 9.17) is 30.5 Å². The molecule has 0 aromatic heterocycles. The highest BCUT2D eigenvalue weighted by molar-refractivity contribution is 6.32. The number of ether oxygens (including phenoxy) is 4. The number of hydrogen-bond donors (Lipinski definition) is 2. The van der Waals surface area contributed by atoms with Crippen molar-refractivity contribution in [2.75, 3.05) is 38.1 Å². The molecule has 0 saturated carbocycles. The van der Waals surface area contributed by atoms with Crippen molar-refractivity contribution in [3.05, 3.63) is 76.8 Å². The van der Waals surface area contributed by atoms with E-state index in [0.29, 0.717) is 35.0 Å². The molecule has 9 nitrogen and oxygen atoms in total. The van der Waals surface area contributed by atoms with Crippen molar-refractivity contribution in [1.82, 2.24) is 0 Å². The largest absolute Gasteiger partial charge is 0.497 e. The number of nitrogens with one attached hydrogen (secondary N) is 2. The second-order valence-corrected chi connectivity index (χ2v) is 8.09. The van der Waals surface area contributed by atoms with Crippen LogP contribution in [0.25, 0.3) is 6.08 Å². The zero-order valence-electron chi connectivity index (χ0n) is 21.0. The third-order valence-corrected chi connectivity index (χ3v) is 5.36. The van der Waals surface area contributed by atoms with Crippen LogP contribution in [0.2, 0.25) is 5.02 Å². The Labute approximate surface area is 225 Å². The highest BCUT2D eigenvalue weighted by Crippen LogP contribution is 2.37. The Morgan fingerprint density at radius 1 is 0.921 bits per heavy atom. The van der Waals surface area contributed by atoms with Gasteiger partial charge in [-0.15, -0.1) is 0 Å². The monoisotopic (exact) mass is 535 g/mol. The third kappa shape index (κ3) is 7.66. The number of nitrogens with zero attached hydrogens (tertiary/aromatic N) is 1. The van der Waals surface area contributed by atoms with Crippen molar-refractivity contribution in [2.45, 2.75) is 6.92 Å². The Kier molecular flexibility index (Phi) is 9.97.